The summed E-state index contributed by atoms with van der Waals surface area (Å²) in [5.41, 5.74) is 4.04. The Labute approximate surface area is 259 Å². The minimum atomic E-state index is -1.32. The summed E-state index contributed by atoms with van der Waals surface area (Å²) >= 11 is 3.48. The van der Waals surface area contributed by atoms with E-state index in [1.807, 2.05) is 102 Å². The maximum atomic E-state index is 15.0. The van der Waals surface area contributed by atoms with Crippen LogP contribution in [0.5, 0.6) is 0 Å². The van der Waals surface area contributed by atoms with Crippen LogP contribution in [0.2, 0.25) is 0 Å². The Morgan fingerprint density at radius 2 is 1.51 bits per heavy atom. The van der Waals surface area contributed by atoms with Gasteiger partial charge in [0.25, 0.3) is 0 Å². The molecule has 7 rings (SSSR count). The Bertz CT molecular complexity index is 1790. The lowest BCUT2D eigenvalue weighted by Gasteiger charge is -2.37. The minimum Gasteiger partial charge on any atom is -0.352 e. The third-order valence-electron chi connectivity index (χ3n) is 9.10. The van der Waals surface area contributed by atoms with Crippen molar-refractivity contribution in [2.75, 3.05) is 10.2 Å². The fraction of sp³-hybridized carbons (Fsp3) is 0.216. The van der Waals surface area contributed by atoms with Gasteiger partial charge in [-0.1, -0.05) is 115 Å². The molecule has 0 bridgehead atoms. The first-order valence-electron chi connectivity index (χ1n) is 14.7. The second-order valence-electron chi connectivity index (χ2n) is 12.1. The zero-order valence-corrected chi connectivity index (χ0v) is 25.5. The molecule has 3 heterocycles. The quantitative estimate of drug-likeness (QED) is 0.224. The summed E-state index contributed by atoms with van der Waals surface area (Å²) in [5, 5.41) is 3.09. The average Bonchev–Trinajstić information content (AvgIpc) is 3.49. The number of ketones is 2. The highest BCUT2D eigenvalue weighted by Gasteiger charge is 2.70. The zero-order chi connectivity index (χ0) is 29.9. The van der Waals surface area contributed by atoms with E-state index in [1.54, 1.807) is 12.1 Å². The molecule has 1 spiro atoms. The first-order chi connectivity index (χ1) is 20.8. The molecule has 4 unspecified atom stereocenters. The van der Waals surface area contributed by atoms with Crippen LogP contribution >= 0.6 is 15.9 Å². The molecule has 0 radical (unpaired) electrons. The number of Topliss-reactive ketones (excluding diaryl/α,β-unsaturated/α-hetero) is 2. The van der Waals surface area contributed by atoms with E-state index in [0.29, 0.717) is 22.7 Å². The number of nitrogens with zero attached hydrogens (tertiary/aromatic N) is 1. The molecule has 1 saturated heterocycles. The van der Waals surface area contributed by atoms with Gasteiger partial charge < -0.3 is 10.2 Å². The maximum Gasteiger partial charge on any atom is 0.238 e. The SMILES string of the molecule is CC(C)Cc1ccc(C(=O)C2C(C(=O)c3ccc(Br)cc3)N3c4ccccc4C=CC3C23C(=O)Nc2ccccc23)cc1. The molecule has 0 saturated carbocycles. The van der Waals surface area contributed by atoms with E-state index in [2.05, 4.69) is 35.1 Å². The fourth-order valence-electron chi connectivity index (χ4n) is 7.36. The van der Waals surface area contributed by atoms with Crippen molar-refractivity contribution in [3.63, 3.8) is 0 Å². The lowest BCUT2D eigenvalue weighted by Crippen LogP contribution is -2.51. The summed E-state index contributed by atoms with van der Waals surface area (Å²) in [5.74, 6) is -1.16. The number of amides is 1. The molecule has 5 nitrogen and oxygen atoms in total. The largest absolute Gasteiger partial charge is 0.352 e. The van der Waals surface area contributed by atoms with Crippen LogP contribution in [-0.4, -0.2) is 29.6 Å². The summed E-state index contributed by atoms with van der Waals surface area (Å²) in [4.78, 5) is 46.2. The number of fused-ring (bicyclic) bond motifs is 6. The Morgan fingerprint density at radius 1 is 0.860 bits per heavy atom. The average molecular weight is 632 g/mol. The molecular formula is C37H31BrN2O3. The van der Waals surface area contributed by atoms with Crippen LogP contribution in [0.4, 0.5) is 11.4 Å². The molecule has 4 aromatic carbocycles. The van der Waals surface area contributed by atoms with Crippen molar-refractivity contribution in [1.82, 2.24) is 0 Å². The minimum absolute atomic E-state index is 0.188. The van der Waals surface area contributed by atoms with Gasteiger partial charge in [0, 0.05) is 27.0 Å². The number of hydrogen-bond donors (Lipinski definition) is 1. The number of rotatable bonds is 6. The molecule has 0 aromatic heterocycles. The van der Waals surface area contributed by atoms with Crippen LogP contribution in [0.3, 0.4) is 0 Å². The van der Waals surface area contributed by atoms with Crippen molar-refractivity contribution in [3.8, 4) is 0 Å². The van der Waals surface area contributed by atoms with Crippen LogP contribution in [-0.2, 0) is 16.6 Å². The van der Waals surface area contributed by atoms with E-state index in [4.69, 9.17) is 0 Å². The molecule has 1 amide bonds. The highest BCUT2D eigenvalue weighted by atomic mass is 79.9. The monoisotopic (exact) mass is 630 g/mol. The Hall–Kier alpha value is -4.29. The lowest BCUT2D eigenvalue weighted by atomic mass is 9.64. The number of nitrogens with one attached hydrogen (secondary N) is 1. The molecular weight excluding hydrogens is 600 g/mol. The van der Waals surface area contributed by atoms with Crippen molar-refractivity contribution in [2.24, 2.45) is 11.8 Å². The van der Waals surface area contributed by atoms with Gasteiger partial charge in [-0.25, -0.2) is 0 Å². The summed E-state index contributed by atoms with van der Waals surface area (Å²) in [6, 6.07) is 28.9. The predicted molar refractivity (Wildman–Crippen MR) is 174 cm³/mol. The normalized spacial score (nSPS) is 23.2. The Balaban J connectivity index is 1.48. The number of benzene rings is 4. The smallest absolute Gasteiger partial charge is 0.238 e. The number of carbonyl (C=O) groups is 3. The van der Waals surface area contributed by atoms with Crippen molar-refractivity contribution >= 4 is 50.9 Å². The topological polar surface area (TPSA) is 66.5 Å². The molecule has 4 atom stereocenters. The van der Waals surface area contributed by atoms with Crippen LogP contribution in [0.15, 0.2) is 108 Å². The van der Waals surface area contributed by atoms with Gasteiger partial charge in [0.1, 0.15) is 11.5 Å². The number of halogens is 1. The molecule has 0 aliphatic carbocycles. The van der Waals surface area contributed by atoms with E-state index >= 15 is 0 Å². The van der Waals surface area contributed by atoms with Gasteiger partial charge in [-0.3, -0.25) is 14.4 Å². The van der Waals surface area contributed by atoms with E-state index in [-0.39, 0.29) is 17.5 Å². The highest BCUT2D eigenvalue weighted by molar-refractivity contribution is 9.10. The molecule has 6 heteroatoms. The second kappa shape index (κ2) is 10.5. The third-order valence-corrected chi connectivity index (χ3v) is 9.63. The van der Waals surface area contributed by atoms with Gasteiger partial charge in [-0.15, -0.1) is 0 Å². The van der Waals surface area contributed by atoms with Crippen LogP contribution in [0.1, 0.15) is 51.3 Å². The first kappa shape index (κ1) is 27.5. The summed E-state index contributed by atoms with van der Waals surface area (Å²) < 4.78 is 0.856. The molecule has 3 aliphatic rings. The lowest BCUT2D eigenvalue weighted by molar-refractivity contribution is -0.121. The fourth-order valence-corrected chi connectivity index (χ4v) is 7.63. The highest BCUT2D eigenvalue weighted by Crippen LogP contribution is 2.58. The van der Waals surface area contributed by atoms with Crippen molar-refractivity contribution < 1.29 is 14.4 Å². The molecule has 3 aliphatic heterocycles. The summed E-state index contributed by atoms with van der Waals surface area (Å²) in [6.45, 7) is 4.33. The summed E-state index contributed by atoms with van der Waals surface area (Å²) in [7, 11) is 0. The van der Waals surface area contributed by atoms with Crippen LogP contribution < -0.4 is 10.2 Å². The number of anilines is 2. The Kier molecular flexibility index (Phi) is 6.70. The molecule has 43 heavy (non-hydrogen) atoms. The van der Waals surface area contributed by atoms with E-state index in [1.165, 1.54) is 0 Å². The van der Waals surface area contributed by atoms with E-state index in [0.717, 1.165) is 33.3 Å². The number of para-hydroxylation sites is 2. The Morgan fingerprint density at radius 3 is 2.26 bits per heavy atom. The number of carbonyl (C=O) groups excluding carboxylic acids is 3. The van der Waals surface area contributed by atoms with Crippen LogP contribution in [0, 0.1) is 11.8 Å². The summed E-state index contributed by atoms with van der Waals surface area (Å²) in [6.07, 6.45) is 4.92. The maximum absolute atomic E-state index is 15.0. The van der Waals surface area contributed by atoms with Gasteiger partial charge in [-0.05, 0) is 53.3 Å². The van der Waals surface area contributed by atoms with Crippen molar-refractivity contribution in [3.05, 3.63) is 135 Å². The van der Waals surface area contributed by atoms with E-state index < -0.39 is 23.4 Å². The van der Waals surface area contributed by atoms with Gasteiger partial charge in [0.2, 0.25) is 5.91 Å². The molecule has 214 valence electrons. The first-order valence-corrected chi connectivity index (χ1v) is 15.5. The van der Waals surface area contributed by atoms with Gasteiger partial charge in [0.05, 0.1) is 12.0 Å². The number of hydrogen-bond acceptors (Lipinski definition) is 4. The van der Waals surface area contributed by atoms with Gasteiger partial charge in [0.15, 0.2) is 11.6 Å². The van der Waals surface area contributed by atoms with Crippen molar-refractivity contribution in [2.45, 2.75) is 37.8 Å². The third kappa shape index (κ3) is 4.22. The molecule has 1 fully saturated rings. The predicted octanol–water partition coefficient (Wildman–Crippen LogP) is 7.50. The standard InChI is InChI=1S/C37H31BrN2O3/c1-22(2)21-23-11-13-25(14-12-23)34(41)32-33(35(42)26-15-18-27(38)19-16-26)40-30-10-6-3-7-24(30)17-20-31(40)37(32)28-8-4-5-9-29(28)39-36(37)43/h3-20,22,31-33H,21H2,1-2H3,(H,39,43). The van der Waals surface area contributed by atoms with E-state index in [9.17, 15) is 14.4 Å². The molecule has 4 aromatic rings. The van der Waals surface area contributed by atoms with Gasteiger partial charge >= 0.3 is 0 Å². The van der Waals surface area contributed by atoms with Crippen molar-refractivity contribution in [1.29, 1.82) is 0 Å². The van der Waals surface area contributed by atoms with Gasteiger partial charge in [-0.2, -0.15) is 0 Å². The zero-order valence-electron chi connectivity index (χ0n) is 24.0. The molecule has 1 N–H and O–H groups in total. The second-order valence-corrected chi connectivity index (χ2v) is 13.0. The van der Waals surface area contributed by atoms with Crippen LogP contribution in [0.25, 0.3) is 6.08 Å².